The maximum absolute atomic E-state index is 12.7. The summed E-state index contributed by atoms with van der Waals surface area (Å²) in [5.41, 5.74) is 4.56. The highest BCUT2D eigenvalue weighted by atomic mass is 32.2. The number of ether oxygens (including phenoxy) is 1. The Bertz CT molecular complexity index is 939. The zero-order valence-corrected chi connectivity index (χ0v) is 17.3. The van der Waals surface area contributed by atoms with Crippen molar-refractivity contribution >= 4 is 15.9 Å². The Morgan fingerprint density at radius 1 is 1.04 bits per heavy atom. The molecule has 6 nitrogen and oxygen atoms in total. The first-order valence-corrected chi connectivity index (χ1v) is 10.8. The molecule has 28 heavy (non-hydrogen) atoms. The normalized spacial score (nSPS) is 15.4. The van der Waals surface area contributed by atoms with E-state index in [4.69, 9.17) is 4.74 Å². The van der Waals surface area contributed by atoms with Crippen molar-refractivity contribution in [1.82, 2.24) is 9.62 Å². The molecule has 150 valence electrons. The summed E-state index contributed by atoms with van der Waals surface area (Å²) in [6.45, 7) is 7.78. The predicted molar refractivity (Wildman–Crippen MR) is 108 cm³/mol. The number of hydrogen-bond donors (Lipinski definition) is 1. The first-order chi connectivity index (χ1) is 13.3. The molecule has 1 fully saturated rings. The van der Waals surface area contributed by atoms with Crippen LogP contribution >= 0.6 is 0 Å². The molecule has 1 amide bonds. The molecule has 0 spiro atoms. The van der Waals surface area contributed by atoms with Gasteiger partial charge in [-0.25, -0.2) is 8.42 Å². The summed E-state index contributed by atoms with van der Waals surface area (Å²) < 4.78 is 32.0. The topological polar surface area (TPSA) is 75.7 Å². The first kappa shape index (κ1) is 20.5. The molecule has 0 aliphatic carbocycles. The van der Waals surface area contributed by atoms with Gasteiger partial charge in [0.15, 0.2) is 0 Å². The van der Waals surface area contributed by atoms with E-state index < -0.39 is 10.0 Å². The Morgan fingerprint density at radius 2 is 1.61 bits per heavy atom. The van der Waals surface area contributed by atoms with E-state index in [2.05, 4.69) is 5.32 Å². The number of nitrogens with one attached hydrogen (secondary N) is 1. The summed E-state index contributed by atoms with van der Waals surface area (Å²) in [7, 11) is -3.50. The molecule has 0 unspecified atom stereocenters. The van der Waals surface area contributed by atoms with Gasteiger partial charge in [0.2, 0.25) is 10.0 Å². The monoisotopic (exact) mass is 402 g/mol. The lowest BCUT2D eigenvalue weighted by Gasteiger charge is -2.26. The van der Waals surface area contributed by atoms with Crippen molar-refractivity contribution < 1.29 is 17.9 Å². The fourth-order valence-electron chi connectivity index (χ4n) is 3.52. The molecule has 7 heteroatoms. The van der Waals surface area contributed by atoms with E-state index in [0.717, 1.165) is 22.3 Å². The van der Waals surface area contributed by atoms with Gasteiger partial charge in [-0.3, -0.25) is 4.79 Å². The Hall–Kier alpha value is -2.22. The molecule has 0 bridgehead atoms. The smallest absolute Gasteiger partial charge is 0.252 e. The molecule has 1 aliphatic heterocycles. The van der Waals surface area contributed by atoms with Crippen molar-refractivity contribution in [2.45, 2.75) is 32.2 Å². The van der Waals surface area contributed by atoms with Gasteiger partial charge < -0.3 is 10.1 Å². The number of carbonyl (C=O) groups is 1. The molecule has 1 aliphatic rings. The molecule has 2 aromatic rings. The number of aryl methyl sites for hydroxylation is 3. The van der Waals surface area contributed by atoms with Crippen LogP contribution in [0.4, 0.5) is 0 Å². The van der Waals surface area contributed by atoms with Crippen LogP contribution in [0.3, 0.4) is 0 Å². The average molecular weight is 403 g/mol. The highest BCUT2D eigenvalue weighted by molar-refractivity contribution is 7.89. The van der Waals surface area contributed by atoms with Gasteiger partial charge >= 0.3 is 0 Å². The number of morpholine rings is 1. The van der Waals surface area contributed by atoms with Gasteiger partial charge in [-0.1, -0.05) is 29.8 Å². The number of carbonyl (C=O) groups excluding carboxylic acids is 1. The second-order valence-corrected chi connectivity index (χ2v) is 9.05. The fraction of sp³-hybridized carbons (Fsp3) is 0.381. The third kappa shape index (κ3) is 4.43. The van der Waals surface area contributed by atoms with Crippen molar-refractivity contribution in [2.75, 3.05) is 26.3 Å². The molecule has 2 aromatic carbocycles. The van der Waals surface area contributed by atoms with Gasteiger partial charge in [-0.05, 0) is 49.6 Å². The van der Waals surface area contributed by atoms with Crippen LogP contribution in [0.15, 0.2) is 41.3 Å². The van der Waals surface area contributed by atoms with E-state index in [9.17, 15) is 13.2 Å². The van der Waals surface area contributed by atoms with Gasteiger partial charge in [0.1, 0.15) is 0 Å². The van der Waals surface area contributed by atoms with Crippen molar-refractivity contribution in [3.05, 3.63) is 64.2 Å². The highest BCUT2D eigenvalue weighted by Gasteiger charge is 2.26. The van der Waals surface area contributed by atoms with Gasteiger partial charge in [-0.2, -0.15) is 4.31 Å². The summed E-state index contributed by atoms with van der Waals surface area (Å²) in [4.78, 5) is 12.8. The van der Waals surface area contributed by atoms with E-state index >= 15 is 0 Å². The predicted octanol–water partition coefficient (Wildman–Crippen LogP) is 2.56. The summed E-state index contributed by atoms with van der Waals surface area (Å²) >= 11 is 0. The minimum atomic E-state index is -3.50. The molecular formula is C21H26N2O4S. The van der Waals surface area contributed by atoms with Crippen LogP contribution in [-0.4, -0.2) is 44.9 Å². The van der Waals surface area contributed by atoms with Crippen molar-refractivity contribution in [3.8, 4) is 0 Å². The second kappa shape index (κ2) is 8.43. The minimum Gasteiger partial charge on any atom is -0.379 e. The van der Waals surface area contributed by atoms with Gasteiger partial charge in [0, 0.05) is 25.2 Å². The molecular weight excluding hydrogens is 376 g/mol. The minimum absolute atomic E-state index is 0.125. The summed E-state index contributed by atoms with van der Waals surface area (Å²) in [6, 6.07) is 10.6. The Kier molecular flexibility index (Phi) is 6.17. The molecule has 1 heterocycles. The summed E-state index contributed by atoms with van der Waals surface area (Å²) in [5, 5.41) is 2.92. The average Bonchev–Trinajstić information content (AvgIpc) is 2.66. The Morgan fingerprint density at radius 3 is 2.18 bits per heavy atom. The molecule has 0 saturated carbocycles. The zero-order chi connectivity index (χ0) is 20.3. The van der Waals surface area contributed by atoms with Crippen molar-refractivity contribution in [1.29, 1.82) is 0 Å². The van der Waals surface area contributed by atoms with Crippen LogP contribution in [0.5, 0.6) is 0 Å². The van der Waals surface area contributed by atoms with E-state index in [-0.39, 0.29) is 10.8 Å². The van der Waals surface area contributed by atoms with Crippen LogP contribution in [0.25, 0.3) is 0 Å². The van der Waals surface area contributed by atoms with Crippen LogP contribution in [-0.2, 0) is 21.3 Å². The van der Waals surface area contributed by atoms with Crippen LogP contribution < -0.4 is 5.32 Å². The maximum Gasteiger partial charge on any atom is 0.252 e. The van der Waals surface area contributed by atoms with Gasteiger partial charge in [0.25, 0.3) is 5.91 Å². The largest absolute Gasteiger partial charge is 0.379 e. The molecule has 0 aromatic heterocycles. The van der Waals surface area contributed by atoms with Crippen molar-refractivity contribution in [3.63, 3.8) is 0 Å². The zero-order valence-electron chi connectivity index (χ0n) is 16.5. The lowest BCUT2D eigenvalue weighted by atomic mass is 9.99. The first-order valence-electron chi connectivity index (χ1n) is 9.32. The number of benzene rings is 2. The standard InChI is InChI=1S/C21H26N2O4S/c1-15-12-16(2)20(17(3)13-15)21(24)22-14-18-4-6-19(7-5-18)28(25,26)23-8-10-27-11-9-23/h4-7,12-13H,8-11,14H2,1-3H3,(H,22,24). The Balaban J connectivity index is 1.67. The molecule has 1 N–H and O–H groups in total. The Labute approximate surface area is 166 Å². The quantitative estimate of drug-likeness (QED) is 0.834. The lowest BCUT2D eigenvalue weighted by Crippen LogP contribution is -2.40. The molecule has 0 radical (unpaired) electrons. The molecule has 3 rings (SSSR count). The number of nitrogens with zero attached hydrogens (tertiary/aromatic N) is 1. The fourth-order valence-corrected chi connectivity index (χ4v) is 4.93. The maximum atomic E-state index is 12.7. The van der Waals surface area contributed by atoms with Crippen LogP contribution in [0.1, 0.15) is 32.6 Å². The third-order valence-corrected chi connectivity index (χ3v) is 6.80. The number of amides is 1. The van der Waals surface area contributed by atoms with Gasteiger partial charge in [0.05, 0.1) is 18.1 Å². The molecule has 1 saturated heterocycles. The van der Waals surface area contributed by atoms with Crippen LogP contribution in [0, 0.1) is 20.8 Å². The number of sulfonamides is 1. The molecule has 0 atom stereocenters. The summed E-state index contributed by atoms with van der Waals surface area (Å²) in [5.74, 6) is -0.125. The van der Waals surface area contributed by atoms with E-state index in [1.165, 1.54) is 4.31 Å². The number of rotatable bonds is 5. The number of hydrogen-bond acceptors (Lipinski definition) is 4. The van der Waals surface area contributed by atoms with E-state index in [1.807, 2.05) is 32.9 Å². The van der Waals surface area contributed by atoms with Crippen LogP contribution in [0.2, 0.25) is 0 Å². The highest BCUT2D eigenvalue weighted by Crippen LogP contribution is 2.19. The van der Waals surface area contributed by atoms with Crippen molar-refractivity contribution in [2.24, 2.45) is 0 Å². The lowest BCUT2D eigenvalue weighted by molar-refractivity contribution is 0.0730. The SMILES string of the molecule is Cc1cc(C)c(C(=O)NCc2ccc(S(=O)(=O)N3CCOCC3)cc2)c(C)c1. The van der Waals surface area contributed by atoms with E-state index in [1.54, 1.807) is 24.3 Å². The van der Waals surface area contributed by atoms with E-state index in [0.29, 0.717) is 38.4 Å². The summed E-state index contributed by atoms with van der Waals surface area (Å²) in [6.07, 6.45) is 0. The second-order valence-electron chi connectivity index (χ2n) is 7.12. The third-order valence-electron chi connectivity index (χ3n) is 4.89. The van der Waals surface area contributed by atoms with Gasteiger partial charge in [-0.15, -0.1) is 0 Å².